The predicted molar refractivity (Wildman–Crippen MR) is 264 cm³/mol. The van der Waals surface area contributed by atoms with Crippen LogP contribution in [0, 0.1) is 0 Å². The van der Waals surface area contributed by atoms with Crippen LogP contribution in [0.2, 0.25) is 0 Å². The molecule has 0 spiro atoms. The molecule has 0 N–H and O–H groups in total. The highest BCUT2D eigenvalue weighted by Gasteiger charge is 2.27. The minimum atomic E-state index is 0.149. The first-order valence-electron chi connectivity index (χ1n) is 20.4. The van der Waals surface area contributed by atoms with Crippen molar-refractivity contribution in [3.05, 3.63) is 152 Å². The molecule has 0 bridgehead atoms. The van der Waals surface area contributed by atoms with Gasteiger partial charge in [0, 0.05) is 54.7 Å². The molecule has 0 fully saturated rings. The van der Waals surface area contributed by atoms with Gasteiger partial charge in [0.2, 0.25) is 0 Å². The molecule has 63 heavy (non-hydrogen) atoms. The van der Waals surface area contributed by atoms with E-state index in [-0.39, 0.29) is 44.2 Å². The third-order valence-electron chi connectivity index (χ3n) is 12.2. The van der Waals surface area contributed by atoms with E-state index < -0.39 is 0 Å². The Morgan fingerprint density at radius 1 is 0.365 bits per heavy atom. The lowest BCUT2D eigenvalue weighted by molar-refractivity contribution is 0.670. The highest BCUT2D eigenvalue weighted by molar-refractivity contribution is 6.65. The third-order valence-corrected chi connectivity index (χ3v) is 12.2. The van der Waals surface area contributed by atoms with Gasteiger partial charge in [0.05, 0.1) is 27.8 Å². The summed E-state index contributed by atoms with van der Waals surface area (Å²) in [6.07, 6.45) is 0. The summed E-state index contributed by atoms with van der Waals surface area (Å²) in [5.74, 6) is 1.08. The molecule has 4 aromatic heterocycles. The Morgan fingerprint density at radius 2 is 0.841 bits per heavy atom. The summed E-state index contributed by atoms with van der Waals surface area (Å²) in [5, 5.41) is 5.10. The number of nitrogens with zero attached hydrogens (tertiary/aromatic N) is 5. The van der Waals surface area contributed by atoms with E-state index in [1.165, 1.54) is 0 Å². The lowest BCUT2D eigenvalue weighted by Crippen LogP contribution is -2.42. The minimum absolute atomic E-state index is 0.149. The van der Waals surface area contributed by atoms with Gasteiger partial charge in [0.25, 0.3) is 0 Å². The molecule has 12 radical (unpaired) electrons. The largest absolute Gasteiger partial charge is 0.455 e. The van der Waals surface area contributed by atoms with E-state index in [1.54, 1.807) is 0 Å². The number of aromatic nitrogens is 5. The minimum Gasteiger partial charge on any atom is -0.455 e. The number of para-hydroxylation sites is 3. The average Bonchev–Trinajstić information content (AvgIpc) is 3.99. The number of benzene rings is 8. The first-order valence-corrected chi connectivity index (χ1v) is 20.4. The first-order chi connectivity index (χ1) is 30.8. The summed E-state index contributed by atoms with van der Waals surface area (Å²) in [6, 6.07) is 50.7. The zero-order valence-corrected chi connectivity index (χ0v) is 33.5. The molecule has 8 aromatic carbocycles. The molecule has 4 heterocycles. The standard InChI is InChI=1S/C51H25B6N5O/c52-40-37-38-41(53)44(56)45(57)46(48(38)63-47(37)43(55)39(42(40)54)51-59-49(26-14-4-1-5-15-26)58-50(60-51)27-16-6-2-7-17-27)62-34-23-13-11-21-30(34)32-24-31-29-20-10-12-22-33(29)61(35(31)25-36(32)62)28-18-8-3-9-19-28/h1-25H. The Morgan fingerprint density at radius 3 is 1.44 bits per heavy atom. The molecule has 0 aliphatic carbocycles. The second kappa shape index (κ2) is 14.0. The van der Waals surface area contributed by atoms with Crippen LogP contribution in [0.3, 0.4) is 0 Å². The van der Waals surface area contributed by atoms with Gasteiger partial charge in [-0.1, -0.05) is 137 Å². The van der Waals surface area contributed by atoms with Gasteiger partial charge in [-0.2, -0.15) is 0 Å². The van der Waals surface area contributed by atoms with Crippen molar-refractivity contribution in [3.63, 3.8) is 0 Å². The van der Waals surface area contributed by atoms with Crippen molar-refractivity contribution < 1.29 is 4.42 Å². The maximum Gasteiger partial charge on any atom is 0.164 e. The summed E-state index contributed by atoms with van der Waals surface area (Å²) < 4.78 is 11.3. The van der Waals surface area contributed by atoms with Crippen LogP contribution in [-0.2, 0) is 0 Å². The molecule has 0 amide bonds. The van der Waals surface area contributed by atoms with Gasteiger partial charge in [0.15, 0.2) is 23.1 Å². The van der Waals surface area contributed by atoms with E-state index in [4.69, 9.17) is 66.4 Å². The topological polar surface area (TPSA) is 61.7 Å². The van der Waals surface area contributed by atoms with Crippen LogP contribution >= 0.6 is 0 Å². The summed E-state index contributed by atoms with van der Waals surface area (Å²) >= 11 is 0. The third kappa shape index (κ3) is 5.43. The molecular formula is C51H25B6N5O. The summed E-state index contributed by atoms with van der Waals surface area (Å²) in [6.45, 7) is 0. The van der Waals surface area contributed by atoms with Crippen molar-refractivity contribution in [2.45, 2.75) is 0 Å². The van der Waals surface area contributed by atoms with Gasteiger partial charge < -0.3 is 13.6 Å². The van der Waals surface area contributed by atoms with E-state index in [0.29, 0.717) is 39.3 Å². The van der Waals surface area contributed by atoms with Crippen molar-refractivity contribution in [2.24, 2.45) is 0 Å². The molecule has 12 heteroatoms. The molecule has 0 unspecified atom stereocenters. The van der Waals surface area contributed by atoms with E-state index in [0.717, 1.165) is 60.4 Å². The molecule has 6 nitrogen and oxygen atoms in total. The monoisotopic (exact) mass is 789 g/mol. The van der Waals surface area contributed by atoms with Crippen LogP contribution in [0.15, 0.2) is 156 Å². The number of hydrogen-bond acceptors (Lipinski definition) is 4. The summed E-state index contributed by atoms with van der Waals surface area (Å²) in [4.78, 5) is 14.7. The molecule has 12 rings (SSSR count). The van der Waals surface area contributed by atoms with Gasteiger partial charge in [-0.25, -0.2) is 15.0 Å². The van der Waals surface area contributed by atoms with Crippen LogP contribution in [0.5, 0.6) is 0 Å². The van der Waals surface area contributed by atoms with Gasteiger partial charge in [0.1, 0.15) is 52.7 Å². The zero-order valence-electron chi connectivity index (χ0n) is 33.5. The van der Waals surface area contributed by atoms with Crippen molar-refractivity contribution in [2.75, 3.05) is 0 Å². The smallest absolute Gasteiger partial charge is 0.164 e. The van der Waals surface area contributed by atoms with E-state index in [2.05, 4.69) is 69.8 Å². The number of hydrogen-bond donors (Lipinski definition) is 0. The summed E-state index contributed by atoms with van der Waals surface area (Å²) in [5.41, 5.74) is 8.86. The van der Waals surface area contributed by atoms with Gasteiger partial charge in [-0.15, -0.1) is 5.46 Å². The lowest BCUT2D eigenvalue weighted by atomic mass is 9.67. The van der Waals surface area contributed by atoms with Gasteiger partial charge in [-0.05, 0) is 41.9 Å². The average molecular weight is 789 g/mol. The number of furan rings is 1. The lowest BCUT2D eigenvalue weighted by Gasteiger charge is -2.18. The quantitative estimate of drug-likeness (QED) is 0.209. The summed E-state index contributed by atoms with van der Waals surface area (Å²) in [7, 11) is 42.1. The van der Waals surface area contributed by atoms with Gasteiger partial charge in [-0.3, -0.25) is 0 Å². The maximum atomic E-state index is 7.17. The Kier molecular flexibility index (Phi) is 8.32. The molecule has 0 aliphatic heterocycles. The second-order valence-corrected chi connectivity index (χ2v) is 15.7. The van der Waals surface area contributed by atoms with Crippen LogP contribution in [0.4, 0.5) is 0 Å². The van der Waals surface area contributed by atoms with E-state index in [9.17, 15) is 0 Å². The second-order valence-electron chi connectivity index (χ2n) is 15.7. The maximum absolute atomic E-state index is 7.17. The molecule has 0 aliphatic rings. The number of fused-ring (bicyclic) bond motifs is 9. The fraction of sp³-hybridized carbons (Fsp3) is 0. The van der Waals surface area contributed by atoms with E-state index >= 15 is 0 Å². The van der Waals surface area contributed by atoms with Crippen LogP contribution in [0.25, 0.3) is 111 Å². The van der Waals surface area contributed by atoms with Crippen molar-refractivity contribution in [3.8, 4) is 45.5 Å². The fourth-order valence-electron chi connectivity index (χ4n) is 9.27. The molecule has 0 atom stereocenters. The molecule has 0 saturated carbocycles. The zero-order chi connectivity index (χ0) is 42.7. The first kappa shape index (κ1) is 37.3. The van der Waals surface area contributed by atoms with Crippen LogP contribution in [-0.4, -0.2) is 71.2 Å². The SMILES string of the molecule is [B]c1c([B])c([B])c2c(oc3c([B])c(-c4nc(-c5ccccc5)nc(-c5ccccc5)n4)c([B])c([B])c32)c1-n1c2ccccc2c2cc3c4ccccc4n(-c4ccccc4)c3cc21. The molecule has 278 valence electrons. The Hall–Kier alpha value is -7.44. The predicted octanol–water partition coefficient (Wildman–Crippen LogP) is 5.73. The Labute approximate surface area is 369 Å². The van der Waals surface area contributed by atoms with Gasteiger partial charge >= 0.3 is 0 Å². The van der Waals surface area contributed by atoms with Crippen LogP contribution < -0.4 is 32.8 Å². The van der Waals surface area contributed by atoms with Crippen molar-refractivity contribution >= 4 is 145 Å². The Bertz CT molecular complexity index is 3810. The highest BCUT2D eigenvalue weighted by atomic mass is 16.3. The molecular weight excluding hydrogens is 763 g/mol. The molecule has 12 aromatic rings. The van der Waals surface area contributed by atoms with E-state index in [1.807, 2.05) is 91.0 Å². The molecule has 0 saturated heterocycles. The Balaban J connectivity index is 1.18. The normalized spacial score (nSPS) is 11.9. The fourth-order valence-corrected chi connectivity index (χ4v) is 9.27. The highest BCUT2D eigenvalue weighted by Crippen LogP contribution is 2.41. The number of rotatable bonds is 5. The van der Waals surface area contributed by atoms with Crippen LogP contribution in [0.1, 0.15) is 0 Å². The van der Waals surface area contributed by atoms with Crippen molar-refractivity contribution in [1.82, 2.24) is 24.1 Å². The van der Waals surface area contributed by atoms with Crippen molar-refractivity contribution in [1.29, 1.82) is 0 Å².